The van der Waals surface area contributed by atoms with E-state index in [1.54, 1.807) is 24.3 Å². The van der Waals surface area contributed by atoms with Crippen LogP contribution in [0.25, 0.3) is 0 Å². The van der Waals surface area contributed by atoms with Crippen LogP contribution in [0.5, 0.6) is 11.5 Å². The molecule has 0 aliphatic heterocycles. The third-order valence-electron chi connectivity index (χ3n) is 3.03. The van der Waals surface area contributed by atoms with Gasteiger partial charge in [-0.1, -0.05) is 0 Å². The van der Waals surface area contributed by atoms with Gasteiger partial charge in [0.15, 0.2) is 18.2 Å². The van der Waals surface area contributed by atoms with E-state index in [2.05, 4.69) is 4.74 Å². The Bertz CT molecular complexity index is 679. The minimum Gasteiger partial charge on any atom is -0.485 e. The van der Waals surface area contributed by atoms with Crippen molar-refractivity contribution in [3.8, 4) is 11.5 Å². The summed E-state index contributed by atoms with van der Waals surface area (Å²) in [5.41, 5.74) is 0.880. The first-order chi connectivity index (χ1) is 11.0. The van der Waals surface area contributed by atoms with Crippen LogP contribution in [0.15, 0.2) is 48.5 Å². The number of halogens is 2. The van der Waals surface area contributed by atoms with Gasteiger partial charge in [0.25, 0.3) is 0 Å². The van der Waals surface area contributed by atoms with Gasteiger partial charge >= 0.3 is 6.61 Å². The lowest BCUT2D eigenvalue weighted by molar-refractivity contribution is -0.0498. The van der Waals surface area contributed by atoms with E-state index in [1.807, 2.05) is 0 Å². The van der Waals surface area contributed by atoms with Gasteiger partial charge in [0.1, 0.15) is 11.5 Å². The Kier molecular flexibility index (Phi) is 5.41. The molecule has 0 N–H and O–H groups in total. The number of ether oxygens (including phenoxy) is 2. The number of benzene rings is 2. The fraction of sp³-hybridized carbons (Fsp3) is 0.176. The van der Waals surface area contributed by atoms with E-state index in [9.17, 15) is 18.4 Å². The molecule has 6 heteroatoms. The highest BCUT2D eigenvalue weighted by Gasteiger charge is 2.09. The monoisotopic (exact) mass is 320 g/mol. The molecule has 23 heavy (non-hydrogen) atoms. The summed E-state index contributed by atoms with van der Waals surface area (Å²) < 4.78 is 33.6. The first-order valence-corrected chi connectivity index (χ1v) is 6.77. The quantitative estimate of drug-likeness (QED) is 0.729. The van der Waals surface area contributed by atoms with Crippen LogP contribution in [0.4, 0.5) is 8.78 Å². The molecule has 2 rings (SSSR count). The van der Waals surface area contributed by atoms with Gasteiger partial charge in [0.05, 0.1) is 0 Å². The number of hydrogen-bond donors (Lipinski definition) is 0. The highest BCUT2D eigenvalue weighted by atomic mass is 19.3. The summed E-state index contributed by atoms with van der Waals surface area (Å²) in [4.78, 5) is 23.1. The van der Waals surface area contributed by atoms with Crippen molar-refractivity contribution in [1.82, 2.24) is 0 Å². The molecule has 0 heterocycles. The molecular formula is C17H14F2O4. The molecule has 0 fully saturated rings. The molecule has 120 valence electrons. The molecule has 2 aromatic carbocycles. The van der Waals surface area contributed by atoms with E-state index < -0.39 is 6.61 Å². The number of carbonyl (C=O) groups excluding carboxylic acids is 2. The zero-order valence-corrected chi connectivity index (χ0v) is 12.3. The van der Waals surface area contributed by atoms with Crippen LogP contribution in [-0.4, -0.2) is 24.8 Å². The Morgan fingerprint density at radius 3 is 1.96 bits per heavy atom. The fourth-order valence-electron chi connectivity index (χ4n) is 1.84. The SMILES string of the molecule is CC(=O)c1ccc(OCC(=O)c2ccc(OC(F)F)cc2)cc1. The summed E-state index contributed by atoms with van der Waals surface area (Å²) in [6, 6.07) is 11.8. The van der Waals surface area contributed by atoms with Crippen LogP contribution in [0.3, 0.4) is 0 Å². The van der Waals surface area contributed by atoms with Crippen LogP contribution in [0.1, 0.15) is 27.6 Å². The lowest BCUT2D eigenvalue weighted by Crippen LogP contribution is -2.11. The van der Waals surface area contributed by atoms with Gasteiger partial charge in [-0.15, -0.1) is 0 Å². The minimum absolute atomic E-state index is 0.0164. The Balaban J connectivity index is 1.92. The highest BCUT2D eigenvalue weighted by molar-refractivity contribution is 5.97. The van der Waals surface area contributed by atoms with E-state index in [0.29, 0.717) is 16.9 Å². The summed E-state index contributed by atoms with van der Waals surface area (Å²) in [5.74, 6) is 0.0845. The normalized spacial score (nSPS) is 10.4. The summed E-state index contributed by atoms with van der Waals surface area (Å²) in [5, 5.41) is 0. The predicted molar refractivity (Wildman–Crippen MR) is 79.3 cm³/mol. The van der Waals surface area contributed by atoms with Gasteiger partial charge in [0.2, 0.25) is 0 Å². The Labute approximate surface area is 131 Å². The lowest BCUT2D eigenvalue weighted by atomic mass is 10.1. The molecule has 2 aromatic rings. The van der Waals surface area contributed by atoms with Crippen molar-refractivity contribution in [2.24, 2.45) is 0 Å². The first-order valence-electron chi connectivity index (χ1n) is 6.77. The lowest BCUT2D eigenvalue weighted by Gasteiger charge is -2.07. The zero-order chi connectivity index (χ0) is 16.8. The zero-order valence-electron chi connectivity index (χ0n) is 12.3. The average Bonchev–Trinajstić information content (AvgIpc) is 2.53. The van der Waals surface area contributed by atoms with Crippen molar-refractivity contribution in [2.45, 2.75) is 13.5 Å². The van der Waals surface area contributed by atoms with E-state index >= 15 is 0 Å². The summed E-state index contributed by atoms with van der Waals surface area (Å²) >= 11 is 0. The molecule has 0 atom stereocenters. The molecule has 0 spiro atoms. The number of hydrogen-bond acceptors (Lipinski definition) is 4. The largest absolute Gasteiger partial charge is 0.485 e. The van der Waals surface area contributed by atoms with E-state index in [1.165, 1.54) is 31.2 Å². The number of Topliss-reactive ketones (excluding diaryl/α,β-unsaturated/α-hetero) is 2. The molecular weight excluding hydrogens is 306 g/mol. The Morgan fingerprint density at radius 2 is 1.43 bits per heavy atom. The molecule has 0 aliphatic rings. The molecule has 0 aliphatic carbocycles. The first kappa shape index (κ1) is 16.6. The number of alkyl halides is 2. The molecule has 0 saturated carbocycles. The minimum atomic E-state index is -2.90. The van der Waals surface area contributed by atoms with Gasteiger partial charge in [0, 0.05) is 11.1 Å². The van der Waals surface area contributed by atoms with Gasteiger partial charge in [-0.2, -0.15) is 8.78 Å². The maximum atomic E-state index is 12.0. The maximum Gasteiger partial charge on any atom is 0.387 e. The van der Waals surface area contributed by atoms with Crippen molar-refractivity contribution in [1.29, 1.82) is 0 Å². The van der Waals surface area contributed by atoms with Crippen molar-refractivity contribution in [3.63, 3.8) is 0 Å². The smallest absolute Gasteiger partial charge is 0.387 e. The molecule has 0 radical (unpaired) electrons. The van der Waals surface area contributed by atoms with Crippen molar-refractivity contribution >= 4 is 11.6 Å². The standard InChI is InChI=1S/C17H14F2O4/c1-11(20)12-2-6-14(7-3-12)22-10-16(21)13-4-8-15(9-5-13)23-17(18)19/h2-9,17H,10H2,1H3. The molecule has 0 aromatic heterocycles. The second-order valence-corrected chi connectivity index (χ2v) is 4.70. The maximum absolute atomic E-state index is 12.0. The van der Waals surface area contributed by atoms with Gasteiger partial charge in [-0.3, -0.25) is 9.59 Å². The van der Waals surface area contributed by atoms with E-state index in [0.717, 1.165) is 0 Å². The van der Waals surface area contributed by atoms with Crippen molar-refractivity contribution in [2.75, 3.05) is 6.61 Å². The van der Waals surface area contributed by atoms with Crippen LogP contribution in [0, 0.1) is 0 Å². The van der Waals surface area contributed by atoms with Crippen LogP contribution in [-0.2, 0) is 0 Å². The second-order valence-electron chi connectivity index (χ2n) is 4.70. The van der Waals surface area contributed by atoms with Gasteiger partial charge < -0.3 is 9.47 Å². The average molecular weight is 320 g/mol. The molecule has 0 saturated heterocycles. The van der Waals surface area contributed by atoms with E-state index in [-0.39, 0.29) is 23.9 Å². The predicted octanol–water partition coefficient (Wildman–Crippen LogP) is 3.75. The number of ketones is 2. The topological polar surface area (TPSA) is 52.6 Å². The van der Waals surface area contributed by atoms with Gasteiger partial charge in [-0.25, -0.2) is 0 Å². The van der Waals surface area contributed by atoms with Gasteiger partial charge in [-0.05, 0) is 55.5 Å². The van der Waals surface area contributed by atoms with Crippen LogP contribution < -0.4 is 9.47 Å². The molecule has 0 bridgehead atoms. The molecule has 0 amide bonds. The summed E-state index contributed by atoms with van der Waals surface area (Å²) in [6.45, 7) is -1.65. The van der Waals surface area contributed by atoms with Crippen molar-refractivity contribution < 1.29 is 27.8 Å². The van der Waals surface area contributed by atoms with Crippen molar-refractivity contribution in [3.05, 3.63) is 59.7 Å². The highest BCUT2D eigenvalue weighted by Crippen LogP contribution is 2.16. The van der Waals surface area contributed by atoms with E-state index in [4.69, 9.17) is 4.74 Å². The van der Waals surface area contributed by atoms with Crippen LogP contribution >= 0.6 is 0 Å². The molecule has 0 unspecified atom stereocenters. The Hall–Kier alpha value is -2.76. The number of carbonyl (C=O) groups is 2. The Morgan fingerprint density at radius 1 is 0.913 bits per heavy atom. The molecule has 4 nitrogen and oxygen atoms in total. The third kappa shape index (κ3) is 4.88. The number of rotatable bonds is 7. The third-order valence-corrected chi connectivity index (χ3v) is 3.03. The summed E-state index contributed by atoms with van der Waals surface area (Å²) in [7, 11) is 0. The summed E-state index contributed by atoms with van der Waals surface area (Å²) in [6.07, 6.45) is 0. The van der Waals surface area contributed by atoms with Crippen LogP contribution in [0.2, 0.25) is 0 Å². The second kappa shape index (κ2) is 7.49. The fourth-order valence-corrected chi connectivity index (χ4v) is 1.84.